The maximum atomic E-state index is 11.8. The first-order valence-corrected chi connectivity index (χ1v) is 6.40. The number of amides is 1. The van der Waals surface area contributed by atoms with Crippen LogP contribution in [-0.4, -0.2) is 38.4 Å². The summed E-state index contributed by atoms with van der Waals surface area (Å²) in [6.07, 6.45) is 4.22. The molecule has 1 rings (SSSR count). The summed E-state index contributed by atoms with van der Waals surface area (Å²) in [7, 11) is 0. The average Bonchev–Trinajstić information content (AvgIpc) is 2.90. The van der Waals surface area contributed by atoms with Gasteiger partial charge in [0, 0.05) is 6.54 Å². The molecule has 0 fully saturated rings. The van der Waals surface area contributed by atoms with E-state index in [0.717, 1.165) is 12.8 Å². The lowest BCUT2D eigenvalue weighted by molar-refractivity contribution is -0.124. The van der Waals surface area contributed by atoms with E-state index in [1.165, 1.54) is 17.3 Å². The molecule has 0 spiro atoms. The number of nitrogens with one attached hydrogen (secondary N) is 1. The molecule has 2 atom stereocenters. The molecule has 102 valence electrons. The largest absolute Gasteiger partial charge is 0.391 e. The molecule has 0 radical (unpaired) electrons. The molecular formula is C12H22N4O2. The molecule has 2 N–H and O–H groups in total. The molecule has 0 bridgehead atoms. The van der Waals surface area contributed by atoms with Crippen molar-refractivity contribution in [2.75, 3.05) is 6.54 Å². The predicted octanol–water partition coefficient (Wildman–Crippen LogP) is 0.752. The van der Waals surface area contributed by atoms with E-state index in [9.17, 15) is 9.90 Å². The predicted molar refractivity (Wildman–Crippen MR) is 67.8 cm³/mol. The summed E-state index contributed by atoms with van der Waals surface area (Å²) >= 11 is 0. The van der Waals surface area contributed by atoms with Crippen molar-refractivity contribution in [3.8, 4) is 0 Å². The Morgan fingerprint density at radius 3 is 2.61 bits per heavy atom. The number of nitrogens with zero attached hydrogens (tertiary/aromatic N) is 3. The van der Waals surface area contributed by atoms with Gasteiger partial charge in [-0.15, -0.1) is 0 Å². The average molecular weight is 254 g/mol. The van der Waals surface area contributed by atoms with E-state index in [2.05, 4.69) is 15.4 Å². The van der Waals surface area contributed by atoms with Gasteiger partial charge in [-0.2, -0.15) is 5.10 Å². The Morgan fingerprint density at radius 1 is 1.44 bits per heavy atom. The Morgan fingerprint density at radius 2 is 2.11 bits per heavy atom. The van der Waals surface area contributed by atoms with Crippen LogP contribution in [0.25, 0.3) is 0 Å². The number of hydrogen-bond acceptors (Lipinski definition) is 4. The van der Waals surface area contributed by atoms with E-state index in [1.54, 1.807) is 6.92 Å². The fourth-order valence-electron chi connectivity index (χ4n) is 1.89. The number of aliphatic hydroxyl groups is 1. The molecule has 0 aliphatic rings. The minimum Gasteiger partial charge on any atom is -0.391 e. The van der Waals surface area contributed by atoms with Crippen LogP contribution in [0.15, 0.2) is 12.7 Å². The Balaban J connectivity index is 2.41. The van der Waals surface area contributed by atoms with Gasteiger partial charge in [0.1, 0.15) is 18.7 Å². The van der Waals surface area contributed by atoms with Gasteiger partial charge in [0.15, 0.2) is 0 Å². The van der Waals surface area contributed by atoms with Gasteiger partial charge in [0.05, 0.1) is 6.10 Å². The first kappa shape index (κ1) is 14.6. The van der Waals surface area contributed by atoms with Gasteiger partial charge < -0.3 is 10.4 Å². The van der Waals surface area contributed by atoms with Gasteiger partial charge in [0.25, 0.3) is 0 Å². The van der Waals surface area contributed by atoms with Crippen molar-refractivity contribution < 1.29 is 9.90 Å². The topological polar surface area (TPSA) is 80.0 Å². The standard InChI is InChI=1S/C12H22N4O2/c1-4-10(5-2)11(17)6-14-12(18)9(3)16-8-13-7-15-16/h7-11,17H,4-6H2,1-3H3,(H,14,18). The SMILES string of the molecule is CCC(CC)C(O)CNC(=O)C(C)n1cncn1. The molecule has 0 aromatic carbocycles. The van der Waals surface area contributed by atoms with Crippen LogP contribution in [0.3, 0.4) is 0 Å². The monoisotopic (exact) mass is 254 g/mol. The van der Waals surface area contributed by atoms with Crippen LogP contribution < -0.4 is 5.32 Å². The van der Waals surface area contributed by atoms with Crippen LogP contribution in [0.1, 0.15) is 39.7 Å². The van der Waals surface area contributed by atoms with E-state index in [1.807, 2.05) is 13.8 Å². The van der Waals surface area contributed by atoms with Crippen LogP contribution in [0, 0.1) is 5.92 Å². The molecule has 0 aliphatic heterocycles. The Hall–Kier alpha value is -1.43. The van der Waals surface area contributed by atoms with Gasteiger partial charge in [-0.1, -0.05) is 26.7 Å². The van der Waals surface area contributed by atoms with Crippen LogP contribution in [0.4, 0.5) is 0 Å². The lowest BCUT2D eigenvalue weighted by Crippen LogP contribution is -2.39. The lowest BCUT2D eigenvalue weighted by Gasteiger charge is -2.21. The summed E-state index contributed by atoms with van der Waals surface area (Å²) in [5.41, 5.74) is 0. The molecule has 6 heteroatoms. The van der Waals surface area contributed by atoms with Gasteiger partial charge in [0.2, 0.25) is 5.91 Å². The third-order valence-corrected chi connectivity index (χ3v) is 3.29. The van der Waals surface area contributed by atoms with Gasteiger partial charge in [-0.3, -0.25) is 4.79 Å². The summed E-state index contributed by atoms with van der Waals surface area (Å²) in [6, 6.07) is -0.415. The number of hydrogen-bond donors (Lipinski definition) is 2. The van der Waals surface area contributed by atoms with Crippen molar-refractivity contribution in [3.05, 3.63) is 12.7 Å². The summed E-state index contributed by atoms with van der Waals surface area (Å²) < 4.78 is 1.48. The van der Waals surface area contributed by atoms with Crippen LogP contribution in [0.2, 0.25) is 0 Å². The second-order valence-electron chi connectivity index (χ2n) is 4.44. The second-order valence-corrected chi connectivity index (χ2v) is 4.44. The second kappa shape index (κ2) is 7.10. The number of carbonyl (C=O) groups is 1. The summed E-state index contributed by atoms with van der Waals surface area (Å²) in [4.78, 5) is 15.6. The maximum absolute atomic E-state index is 11.8. The number of carbonyl (C=O) groups excluding carboxylic acids is 1. The summed E-state index contributed by atoms with van der Waals surface area (Å²) in [5.74, 6) is 0.0671. The van der Waals surface area contributed by atoms with Crippen molar-refractivity contribution in [2.24, 2.45) is 5.92 Å². The quantitative estimate of drug-likeness (QED) is 0.752. The van der Waals surface area contributed by atoms with E-state index in [0.29, 0.717) is 0 Å². The zero-order valence-corrected chi connectivity index (χ0v) is 11.2. The van der Waals surface area contributed by atoms with E-state index < -0.39 is 12.1 Å². The third-order valence-electron chi connectivity index (χ3n) is 3.29. The van der Waals surface area contributed by atoms with Gasteiger partial charge in [-0.25, -0.2) is 9.67 Å². The summed E-state index contributed by atoms with van der Waals surface area (Å²) in [6.45, 7) is 6.10. The van der Waals surface area contributed by atoms with Crippen LogP contribution >= 0.6 is 0 Å². The highest BCUT2D eigenvalue weighted by Gasteiger charge is 2.19. The van der Waals surface area contributed by atoms with Crippen LogP contribution in [0.5, 0.6) is 0 Å². The van der Waals surface area contributed by atoms with Crippen molar-refractivity contribution >= 4 is 5.91 Å². The minimum absolute atomic E-state index is 0.162. The first-order chi connectivity index (χ1) is 8.60. The zero-order valence-electron chi connectivity index (χ0n) is 11.2. The first-order valence-electron chi connectivity index (χ1n) is 6.40. The minimum atomic E-state index is -0.494. The lowest BCUT2D eigenvalue weighted by atomic mass is 9.96. The molecule has 2 unspecified atom stereocenters. The van der Waals surface area contributed by atoms with Gasteiger partial charge in [-0.05, 0) is 12.8 Å². The maximum Gasteiger partial charge on any atom is 0.244 e. The van der Waals surface area contributed by atoms with E-state index in [4.69, 9.17) is 0 Å². The van der Waals surface area contributed by atoms with Crippen molar-refractivity contribution in [2.45, 2.75) is 45.8 Å². The Bertz CT molecular complexity index is 349. The molecule has 1 aromatic heterocycles. The van der Waals surface area contributed by atoms with Crippen molar-refractivity contribution in [1.82, 2.24) is 20.1 Å². The highest BCUT2D eigenvalue weighted by Crippen LogP contribution is 2.12. The molecule has 1 amide bonds. The van der Waals surface area contributed by atoms with Crippen molar-refractivity contribution in [1.29, 1.82) is 0 Å². The molecule has 0 saturated heterocycles. The molecule has 6 nitrogen and oxygen atoms in total. The van der Waals surface area contributed by atoms with Crippen LogP contribution in [-0.2, 0) is 4.79 Å². The van der Waals surface area contributed by atoms with Gasteiger partial charge >= 0.3 is 0 Å². The highest BCUT2D eigenvalue weighted by atomic mass is 16.3. The Kier molecular flexibility index (Phi) is 5.77. The molecule has 1 heterocycles. The number of rotatable bonds is 7. The molecule has 18 heavy (non-hydrogen) atoms. The Labute approximate surface area is 107 Å². The number of aromatic nitrogens is 3. The van der Waals surface area contributed by atoms with E-state index in [-0.39, 0.29) is 18.4 Å². The van der Waals surface area contributed by atoms with Crippen molar-refractivity contribution in [3.63, 3.8) is 0 Å². The third kappa shape index (κ3) is 3.80. The fourth-order valence-corrected chi connectivity index (χ4v) is 1.89. The molecule has 0 saturated carbocycles. The fraction of sp³-hybridized carbons (Fsp3) is 0.750. The number of aliphatic hydroxyl groups excluding tert-OH is 1. The normalized spacial score (nSPS) is 14.5. The molecule has 1 aromatic rings. The summed E-state index contributed by atoms with van der Waals surface area (Å²) in [5, 5.41) is 16.6. The van der Waals surface area contributed by atoms with E-state index >= 15 is 0 Å². The smallest absolute Gasteiger partial charge is 0.244 e. The molecule has 0 aliphatic carbocycles. The molecular weight excluding hydrogens is 232 g/mol. The zero-order chi connectivity index (χ0) is 13.5. The highest BCUT2D eigenvalue weighted by molar-refractivity contribution is 5.79.